The van der Waals surface area contributed by atoms with Gasteiger partial charge in [0.25, 0.3) is 5.56 Å². The summed E-state index contributed by atoms with van der Waals surface area (Å²) in [5.74, 6) is -2.33. The number of phosphoric acid groups is 3. The SMILES string of the molecule is CN(Cc1cn([C@@H]2O[C@H](COP(=O)(O)OP(=O)(O)OP(=O)(O)O)C(O)C2O)c(=O)[nH]c1=O)C(=O)C(F)(F)F. The van der Waals surface area contributed by atoms with Crippen LogP contribution < -0.4 is 11.2 Å². The van der Waals surface area contributed by atoms with Gasteiger partial charge in [0.15, 0.2) is 6.23 Å². The monoisotopic (exact) mass is 623 g/mol. The third-order valence-electron chi connectivity index (χ3n) is 4.47. The van der Waals surface area contributed by atoms with E-state index in [1.54, 1.807) is 4.98 Å². The van der Waals surface area contributed by atoms with Gasteiger partial charge in [0.1, 0.15) is 18.3 Å². The molecule has 38 heavy (non-hydrogen) atoms. The molecule has 1 aliphatic heterocycles. The van der Waals surface area contributed by atoms with Gasteiger partial charge in [0, 0.05) is 13.2 Å². The summed E-state index contributed by atoms with van der Waals surface area (Å²) in [7, 11) is -16.5. The molecule has 1 aliphatic rings. The minimum absolute atomic E-state index is 0.103. The lowest BCUT2D eigenvalue weighted by atomic mass is 10.1. The number of phosphoric ester groups is 1. The number of aliphatic hydroxyl groups excluding tert-OH is 2. The highest BCUT2D eigenvalue weighted by atomic mass is 31.3. The normalized spacial score (nSPS) is 25.5. The first-order valence-electron chi connectivity index (χ1n) is 9.49. The molecule has 6 atom stereocenters. The molecule has 0 spiro atoms. The molecule has 1 amide bonds. The molecule has 2 rings (SSSR count). The molecular weight excluding hydrogens is 604 g/mol. The Balaban J connectivity index is 2.19. The summed E-state index contributed by atoms with van der Waals surface area (Å²) >= 11 is 0. The van der Waals surface area contributed by atoms with Crippen LogP contribution in [0.25, 0.3) is 0 Å². The molecule has 1 aromatic rings. The standard InChI is InChI=1S/C13H19F3N3O16P3/c1-18(11(23)13(14,15)16)2-5-3-19(12(24)17-9(5)22)10-8(21)7(20)6(33-10)4-32-37(28,29)35-38(30,31)34-36(25,26)27/h3,6-8,10,20-21H,2,4H2,1H3,(H,28,29)(H,30,31)(H,17,22,24)(H2,25,26,27)/t6-,7?,8?,10-/m1/s1. The number of aromatic amines is 1. The Morgan fingerprint density at radius 1 is 1.11 bits per heavy atom. The second kappa shape index (κ2) is 11.4. The van der Waals surface area contributed by atoms with Gasteiger partial charge in [0.05, 0.1) is 18.7 Å². The molecule has 1 saturated heterocycles. The number of ether oxygens (including phenoxy) is 1. The summed E-state index contributed by atoms with van der Waals surface area (Å²) in [4.78, 5) is 72.9. The van der Waals surface area contributed by atoms with Crippen molar-refractivity contribution in [2.24, 2.45) is 0 Å². The van der Waals surface area contributed by atoms with Gasteiger partial charge < -0.3 is 39.4 Å². The van der Waals surface area contributed by atoms with E-state index >= 15 is 0 Å². The highest BCUT2D eigenvalue weighted by Crippen LogP contribution is 2.66. The van der Waals surface area contributed by atoms with Crippen molar-refractivity contribution in [3.05, 3.63) is 32.6 Å². The van der Waals surface area contributed by atoms with Crippen molar-refractivity contribution in [1.29, 1.82) is 0 Å². The lowest BCUT2D eigenvalue weighted by molar-refractivity contribution is -0.184. The van der Waals surface area contributed by atoms with E-state index in [1.807, 2.05) is 0 Å². The molecule has 7 N–H and O–H groups in total. The third-order valence-corrected chi connectivity index (χ3v) is 8.27. The van der Waals surface area contributed by atoms with Crippen LogP contribution in [0.2, 0.25) is 0 Å². The van der Waals surface area contributed by atoms with Crippen LogP contribution in [0.3, 0.4) is 0 Å². The van der Waals surface area contributed by atoms with Crippen molar-refractivity contribution in [2.45, 2.75) is 37.3 Å². The predicted molar refractivity (Wildman–Crippen MR) is 110 cm³/mol. The molecule has 1 aromatic heterocycles. The average molecular weight is 623 g/mol. The van der Waals surface area contributed by atoms with E-state index < -0.39 is 90.1 Å². The molecule has 4 unspecified atom stereocenters. The quantitative estimate of drug-likeness (QED) is 0.139. The maximum Gasteiger partial charge on any atom is 0.490 e. The zero-order valence-corrected chi connectivity index (χ0v) is 21.1. The van der Waals surface area contributed by atoms with E-state index in [9.17, 15) is 56.4 Å². The molecule has 1 fully saturated rings. The van der Waals surface area contributed by atoms with Gasteiger partial charge in [-0.25, -0.2) is 18.5 Å². The summed E-state index contributed by atoms with van der Waals surface area (Å²) in [6, 6.07) is 0. The summed E-state index contributed by atoms with van der Waals surface area (Å²) < 4.78 is 88.4. The number of hydrogen-bond acceptors (Lipinski definition) is 12. The molecule has 25 heteroatoms. The number of carbonyl (C=O) groups excluding carboxylic acids is 1. The van der Waals surface area contributed by atoms with Crippen LogP contribution in [0, 0.1) is 0 Å². The number of alkyl halides is 3. The number of aliphatic hydroxyl groups is 2. The first-order valence-corrected chi connectivity index (χ1v) is 14.0. The Hall–Kier alpha value is -1.77. The number of rotatable bonds is 10. The van der Waals surface area contributed by atoms with Crippen molar-refractivity contribution < 1.29 is 79.3 Å². The van der Waals surface area contributed by atoms with E-state index in [1.165, 1.54) is 0 Å². The van der Waals surface area contributed by atoms with Crippen molar-refractivity contribution in [3.63, 3.8) is 0 Å². The summed E-state index contributed by atoms with van der Waals surface area (Å²) in [6.45, 7) is -2.19. The summed E-state index contributed by atoms with van der Waals surface area (Å²) in [5.41, 5.74) is -3.09. The van der Waals surface area contributed by atoms with Crippen LogP contribution in [0.1, 0.15) is 11.8 Å². The minimum atomic E-state index is -5.86. The molecule has 2 heterocycles. The van der Waals surface area contributed by atoms with Crippen LogP contribution in [0.15, 0.2) is 15.8 Å². The van der Waals surface area contributed by atoms with E-state index in [-0.39, 0.29) is 4.90 Å². The molecule has 0 saturated carbocycles. The van der Waals surface area contributed by atoms with Crippen molar-refractivity contribution in [2.75, 3.05) is 13.7 Å². The topological polar surface area (TPSA) is 285 Å². The molecule has 0 aromatic carbocycles. The highest BCUT2D eigenvalue weighted by molar-refractivity contribution is 7.66. The lowest BCUT2D eigenvalue weighted by Crippen LogP contribution is -2.42. The van der Waals surface area contributed by atoms with Crippen molar-refractivity contribution >= 4 is 29.4 Å². The van der Waals surface area contributed by atoms with Crippen LogP contribution in [-0.2, 0) is 42.9 Å². The minimum Gasteiger partial charge on any atom is -0.387 e. The molecule has 19 nitrogen and oxygen atoms in total. The Morgan fingerprint density at radius 3 is 2.21 bits per heavy atom. The Labute approximate surface area is 207 Å². The first kappa shape index (κ1) is 32.4. The van der Waals surface area contributed by atoms with Crippen LogP contribution in [0.5, 0.6) is 0 Å². The van der Waals surface area contributed by atoms with Gasteiger partial charge >= 0.3 is 41.2 Å². The molecule has 218 valence electrons. The molecular formula is C13H19F3N3O16P3. The average Bonchev–Trinajstić information content (AvgIpc) is 2.98. The Kier molecular flexibility index (Phi) is 9.71. The smallest absolute Gasteiger partial charge is 0.387 e. The molecule has 0 aliphatic carbocycles. The largest absolute Gasteiger partial charge is 0.490 e. The summed E-state index contributed by atoms with van der Waals surface area (Å²) in [5, 5.41) is 20.4. The summed E-state index contributed by atoms with van der Waals surface area (Å²) in [6.07, 6.45) is -12.4. The van der Waals surface area contributed by atoms with E-state index in [2.05, 4.69) is 13.1 Å². The number of hydrogen-bond donors (Lipinski definition) is 7. The van der Waals surface area contributed by atoms with Gasteiger partial charge in [-0.1, -0.05) is 0 Å². The maximum atomic E-state index is 12.6. The fourth-order valence-corrected chi connectivity index (χ4v) is 5.97. The zero-order chi connectivity index (χ0) is 29.4. The van der Waals surface area contributed by atoms with Crippen LogP contribution in [0.4, 0.5) is 13.2 Å². The van der Waals surface area contributed by atoms with Gasteiger partial charge in [0.2, 0.25) is 0 Å². The predicted octanol–water partition coefficient (Wildman–Crippen LogP) is -1.98. The Morgan fingerprint density at radius 2 is 1.68 bits per heavy atom. The number of halogens is 3. The zero-order valence-electron chi connectivity index (χ0n) is 18.4. The molecule has 0 radical (unpaired) electrons. The molecule has 0 bridgehead atoms. The second-order valence-corrected chi connectivity index (χ2v) is 11.8. The van der Waals surface area contributed by atoms with E-state index in [0.717, 1.165) is 0 Å². The van der Waals surface area contributed by atoms with Crippen molar-refractivity contribution in [3.8, 4) is 0 Å². The highest BCUT2D eigenvalue weighted by Gasteiger charge is 2.47. The first-order chi connectivity index (χ1) is 17.0. The van der Waals surface area contributed by atoms with Crippen molar-refractivity contribution in [1.82, 2.24) is 14.5 Å². The van der Waals surface area contributed by atoms with Crippen LogP contribution >= 0.6 is 23.5 Å². The number of nitrogens with one attached hydrogen (secondary N) is 1. The number of nitrogens with zero attached hydrogens (tertiary/aromatic N) is 2. The van der Waals surface area contributed by atoms with Crippen LogP contribution in [-0.4, -0.2) is 88.3 Å². The van der Waals surface area contributed by atoms with Gasteiger partial charge in [-0.3, -0.25) is 23.7 Å². The fourth-order valence-electron chi connectivity index (χ4n) is 2.94. The number of carbonyl (C=O) groups is 1. The number of amides is 1. The second-order valence-electron chi connectivity index (χ2n) is 7.41. The number of aromatic nitrogens is 2. The van der Waals surface area contributed by atoms with Gasteiger partial charge in [-0.15, -0.1) is 0 Å². The van der Waals surface area contributed by atoms with Gasteiger partial charge in [-0.2, -0.15) is 21.8 Å². The van der Waals surface area contributed by atoms with E-state index in [4.69, 9.17) is 19.4 Å². The lowest BCUT2D eigenvalue weighted by Gasteiger charge is -2.21. The fraction of sp³-hybridized carbons (Fsp3) is 0.615. The number of H-pyrrole nitrogens is 1. The third kappa shape index (κ3) is 8.62. The maximum absolute atomic E-state index is 12.6. The van der Waals surface area contributed by atoms with Gasteiger partial charge in [-0.05, 0) is 0 Å². The van der Waals surface area contributed by atoms with E-state index in [0.29, 0.717) is 17.8 Å². The Bertz CT molecular complexity index is 1310.